The molecule has 7 heteroatoms. The Balaban J connectivity index is 1.89. The number of benzene rings is 2. The molecule has 1 heterocycles. The van der Waals surface area contributed by atoms with Gasteiger partial charge in [0.05, 0.1) is 17.7 Å². The number of sulfonamides is 1. The highest BCUT2D eigenvalue weighted by Gasteiger charge is 2.19. The molecule has 0 bridgehead atoms. The largest absolute Gasteiger partial charge is 0.496 e. The molecule has 0 aliphatic rings. The van der Waals surface area contributed by atoms with Crippen LogP contribution in [0, 0.1) is 13.8 Å². The fraction of sp³-hybridized carbons (Fsp3) is 0.211. The Kier molecular flexibility index (Phi) is 5.11. The Morgan fingerprint density at radius 1 is 1.12 bits per heavy atom. The molecule has 0 unspecified atom stereocenters. The maximum Gasteiger partial charge on any atom is 0.241 e. The van der Waals surface area contributed by atoms with Gasteiger partial charge < -0.3 is 9.26 Å². The van der Waals surface area contributed by atoms with E-state index in [0.717, 1.165) is 11.3 Å². The van der Waals surface area contributed by atoms with Crippen LogP contribution >= 0.6 is 0 Å². The molecule has 3 aromatic rings. The van der Waals surface area contributed by atoms with Crippen LogP contribution in [0.1, 0.15) is 16.8 Å². The molecule has 2 aromatic carbocycles. The van der Waals surface area contributed by atoms with Gasteiger partial charge >= 0.3 is 0 Å². The summed E-state index contributed by atoms with van der Waals surface area (Å²) < 4.78 is 38.8. The predicted molar refractivity (Wildman–Crippen MR) is 98.4 cm³/mol. The lowest BCUT2D eigenvalue weighted by Crippen LogP contribution is -2.24. The summed E-state index contributed by atoms with van der Waals surface area (Å²) in [5.41, 5.74) is 2.81. The topological polar surface area (TPSA) is 81.4 Å². The Bertz CT molecular complexity index is 1030. The summed E-state index contributed by atoms with van der Waals surface area (Å²) in [6.07, 6.45) is 0. The van der Waals surface area contributed by atoms with Crippen molar-refractivity contribution in [1.82, 2.24) is 9.88 Å². The number of nitrogens with one attached hydrogen (secondary N) is 1. The highest BCUT2D eigenvalue weighted by Crippen LogP contribution is 2.26. The molecule has 0 radical (unpaired) electrons. The third-order valence-electron chi connectivity index (χ3n) is 4.04. The first kappa shape index (κ1) is 18.2. The second-order valence-corrected chi connectivity index (χ2v) is 7.68. The number of hydrogen-bond donors (Lipinski definition) is 1. The monoisotopic (exact) mass is 372 g/mol. The van der Waals surface area contributed by atoms with Crippen LogP contribution in [0.15, 0.2) is 57.9 Å². The molecule has 26 heavy (non-hydrogen) atoms. The van der Waals surface area contributed by atoms with Crippen molar-refractivity contribution in [2.45, 2.75) is 25.3 Å². The minimum absolute atomic E-state index is 0.136. The van der Waals surface area contributed by atoms with E-state index in [1.54, 1.807) is 38.3 Å². The summed E-state index contributed by atoms with van der Waals surface area (Å²) in [6.45, 7) is 3.71. The van der Waals surface area contributed by atoms with E-state index in [4.69, 9.17) is 9.26 Å². The molecule has 1 aromatic heterocycles. The van der Waals surface area contributed by atoms with E-state index in [9.17, 15) is 8.42 Å². The van der Waals surface area contributed by atoms with Crippen LogP contribution in [0.25, 0.3) is 11.3 Å². The van der Waals surface area contributed by atoms with Crippen molar-refractivity contribution in [3.8, 4) is 17.1 Å². The van der Waals surface area contributed by atoms with E-state index < -0.39 is 10.0 Å². The second-order valence-electron chi connectivity index (χ2n) is 5.95. The standard InChI is InChI=1S/C19H20N2O4S/c1-13-8-9-15(18-10-14(2)21-25-18)11-19(13)26(22,23)20-12-16-6-4-5-7-17(16)24-3/h4-11,20H,12H2,1-3H3. The normalized spacial score (nSPS) is 11.5. The lowest BCUT2D eigenvalue weighted by Gasteiger charge is -2.12. The van der Waals surface area contributed by atoms with Gasteiger partial charge in [0.25, 0.3) is 0 Å². The van der Waals surface area contributed by atoms with Crippen LogP contribution in [0.2, 0.25) is 0 Å². The van der Waals surface area contributed by atoms with Crippen LogP contribution in [0.3, 0.4) is 0 Å². The van der Waals surface area contributed by atoms with Crippen molar-refractivity contribution in [3.63, 3.8) is 0 Å². The van der Waals surface area contributed by atoms with Crippen LogP contribution in [0.4, 0.5) is 0 Å². The summed E-state index contributed by atoms with van der Waals surface area (Å²) in [5.74, 6) is 1.17. The van der Waals surface area contributed by atoms with Gasteiger partial charge in [0.15, 0.2) is 5.76 Å². The van der Waals surface area contributed by atoms with Crippen molar-refractivity contribution >= 4 is 10.0 Å². The van der Waals surface area contributed by atoms with Crippen molar-refractivity contribution in [2.24, 2.45) is 0 Å². The number of para-hydroxylation sites is 1. The van der Waals surface area contributed by atoms with E-state index >= 15 is 0 Å². The average molecular weight is 372 g/mol. The maximum atomic E-state index is 12.8. The Hall–Kier alpha value is -2.64. The number of methoxy groups -OCH3 is 1. The van der Waals surface area contributed by atoms with E-state index in [1.165, 1.54) is 0 Å². The molecule has 0 spiro atoms. The first-order valence-electron chi connectivity index (χ1n) is 8.06. The zero-order valence-corrected chi connectivity index (χ0v) is 15.6. The maximum absolute atomic E-state index is 12.8. The molecule has 0 atom stereocenters. The van der Waals surface area contributed by atoms with Crippen LogP contribution in [-0.4, -0.2) is 20.7 Å². The minimum Gasteiger partial charge on any atom is -0.496 e. The summed E-state index contributed by atoms with van der Waals surface area (Å²) in [4.78, 5) is 0.207. The summed E-state index contributed by atoms with van der Waals surface area (Å²) >= 11 is 0. The lowest BCUT2D eigenvalue weighted by atomic mass is 10.1. The van der Waals surface area contributed by atoms with Gasteiger partial charge in [-0.05, 0) is 31.5 Å². The van der Waals surface area contributed by atoms with Gasteiger partial charge in [-0.15, -0.1) is 0 Å². The number of aromatic nitrogens is 1. The average Bonchev–Trinajstić information content (AvgIpc) is 3.07. The molecule has 0 aliphatic heterocycles. The molecule has 0 saturated heterocycles. The van der Waals surface area contributed by atoms with Gasteiger partial charge in [-0.3, -0.25) is 0 Å². The molecular formula is C19H20N2O4S. The van der Waals surface area contributed by atoms with Crippen molar-refractivity contribution in [1.29, 1.82) is 0 Å². The van der Waals surface area contributed by atoms with Gasteiger partial charge in [-0.2, -0.15) is 0 Å². The first-order valence-corrected chi connectivity index (χ1v) is 9.55. The molecular weight excluding hydrogens is 352 g/mol. The number of aryl methyl sites for hydroxylation is 2. The lowest BCUT2D eigenvalue weighted by molar-refractivity contribution is 0.409. The molecule has 0 saturated carbocycles. The van der Waals surface area contributed by atoms with E-state index in [1.807, 2.05) is 31.2 Å². The zero-order valence-electron chi connectivity index (χ0n) is 14.8. The third-order valence-corrected chi connectivity index (χ3v) is 5.58. The predicted octanol–water partition coefficient (Wildman–Crippen LogP) is 3.45. The van der Waals surface area contributed by atoms with Gasteiger partial charge in [-0.1, -0.05) is 35.5 Å². The smallest absolute Gasteiger partial charge is 0.241 e. The van der Waals surface area contributed by atoms with Crippen LogP contribution < -0.4 is 9.46 Å². The molecule has 0 aliphatic carbocycles. The van der Waals surface area contributed by atoms with Crippen molar-refractivity contribution in [3.05, 3.63) is 65.4 Å². The first-order chi connectivity index (χ1) is 12.4. The summed E-state index contributed by atoms with van der Waals surface area (Å²) in [6, 6.07) is 14.2. The molecule has 1 N–H and O–H groups in total. The second kappa shape index (κ2) is 7.31. The SMILES string of the molecule is COc1ccccc1CNS(=O)(=O)c1cc(-c2cc(C)no2)ccc1C. The summed E-state index contributed by atoms with van der Waals surface area (Å²) in [5, 5.41) is 3.85. The number of nitrogens with zero attached hydrogens (tertiary/aromatic N) is 1. The van der Waals surface area contributed by atoms with E-state index in [-0.39, 0.29) is 11.4 Å². The molecule has 0 amide bonds. The third kappa shape index (κ3) is 3.79. The van der Waals surface area contributed by atoms with Crippen molar-refractivity contribution < 1.29 is 17.7 Å². The fourth-order valence-corrected chi connectivity index (χ4v) is 3.92. The number of ether oxygens (including phenoxy) is 1. The van der Waals surface area contributed by atoms with Gasteiger partial charge in [0, 0.05) is 23.7 Å². The highest BCUT2D eigenvalue weighted by atomic mass is 32.2. The fourth-order valence-electron chi connectivity index (χ4n) is 2.64. The van der Waals surface area contributed by atoms with E-state index in [0.29, 0.717) is 22.6 Å². The molecule has 0 fully saturated rings. The number of hydrogen-bond acceptors (Lipinski definition) is 5. The van der Waals surface area contributed by atoms with Gasteiger partial charge in [0.1, 0.15) is 5.75 Å². The molecule has 6 nitrogen and oxygen atoms in total. The minimum atomic E-state index is -3.71. The van der Waals surface area contributed by atoms with E-state index in [2.05, 4.69) is 9.88 Å². The van der Waals surface area contributed by atoms with Crippen LogP contribution in [-0.2, 0) is 16.6 Å². The quantitative estimate of drug-likeness (QED) is 0.717. The number of rotatable bonds is 6. The van der Waals surface area contributed by atoms with Gasteiger partial charge in [0.2, 0.25) is 10.0 Å². The Morgan fingerprint density at radius 2 is 1.88 bits per heavy atom. The Morgan fingerprint density at radius 3 is 2.58 bits per heavy atom. The van der Waals surface area contributed by atoms with Crippen LogP contribution in [0.5, 0.6) is 5.75 Å². The van der Waals surface area contributed by atoms with Crippen molar-refractivity contribution in [2.75, 3.05) is 7.11 Å². The molecule has 3 rings (SSSR count). The highest BCUT2D eigenvalue weighted by molar-refractivity contribution is 7.89. The molecule has 136 valence electrons. The van der Waals surface area contributed by atoms with Gasteiger partial charge in [-0.25, -0.2) is 13.1 Å². The Labute approximate surface area is 152 Å². The zero-order chi connectivity index (χ0) is 18.7. The summed E-state index contributed by atoms with van der Waals surface area (Å²) in [7, 11) is -2.15.